The van der Waals surface area contributed by atoms with Crippen LogP contribution in [0.1, 0.15) is 23.4 Å². The molecule has 122 valence electrons. The number of hydrogen-bond donors (Lipinski definition) is 2. The highest BCUT2D eigenvalue weighted by molar-refractivity contribution is 5.51. The van der Waals surface area contributed by atoms with Crippen LogP contribution in [0.25, 0.3) is 11.4 Å². The van der Waals surface area contributed by atoms with Gasteiger partial charge in [-0.2, -0.15) is 4.98 Å². The number of benzene rings is 1. The molecule has 0 aliphatic heterocycles. The Kier molecular flexibility index (Phi) is 3.84. The number of nitrogens with zero attached hydrogens (tertiary/aromatic N) is 3. The van der Waals surface area contributed by atoms with Gasteiger partial charge in [-0.15, -0.1) is 0 Å². The molecule has 0 radical (unpaired) electrons. The molecule has 6 nitrogen and oxygen atoms in total. The molecule has 0 saturated carbocycles. The van der Waals surface area contributed by atoms with Crippen molar-refractivity contribution in [1.29, 1.82) is 0 Å². The number of aryl methyl sites for hydroxylation is 1. The fourth-order valence-electron chi connectivity index (χ4n) is 3.28. The van der Waals surface area contributed by atoms with Crippen LogP contribution in [-0.4, -0.2) is 26.8 Å². The van der Waals surface area contributed by atoms with Gasteiger partial charge in [-0.3, -0.25) is 10.3 Å². The third-order valence-corrected chi connectivity index (χ3v) is 4.59. The van der Waals surface area contributed by atoms with Gasteiger partial charge >= 0.3 is 0 Å². The van der Waals surface area contributed by atoms with Gasteiger partial charge < -0.3 is 9.63 Å². The zero-order valence-electron chi connectivity index (χ0n) is 13.1. The molecule has 0 spiro atoms. The maximum atomic E-state index is 9.99. The third-order valence-electron chi connectivity index (χ3n) is 4.59. The molecule has 6 heteroatoms. The molecule has 1 aliphatic carbocycles. The summed E-state index contributed by atoms with van der Waals surface area (Å²) in [6.45, 7) is 0.440. The summed E-state index contributed by atoms with van der Waals surface area (Å²) in [5.41, 5.74) is 2.80. The van der Waals surface area contributed by atoms with E-state index in [-0.39, 0.29) is 6.61 Å². The fraction of sp³-hybridized carbons (Fsp3) is 0.278. The largest absolute Gasteiger partial charge is 0.394 e. The minimum Gasteiger partial charge on any atom is -0.394 e. The first kappa shape index (κ1) is 15.0. The molecular formula is C18H18N4O2. The van der Waals surface area contributed by atoms with Crippen molar-refractivity contribution >= 4 is 0 Å². The van der Waals surface area contributed by atoms with Crippen molar-refractivity contribution in [3.05, 3.63) is 65.8 Å². The van der Waals surface area contributed by atoms with E-state index in [0.29, 0.717) is 18.3 Å². The highest BCUT2D eigenvalue weighted by Gasteiger charge is 2.37. The van der Waals surface area contributed by atoms with Gasteiger partial charge in [0.15, 0.2) is 0 Å². The predicted octanol–water partition coefficient (Wildman–Crippen LogP) is 2.06. The fourth-order valence-corrected chi connectivity index (χ4v) is 3.28. The van der Waals surface area contributed by atoms with Crippen LogP contribution >= 0.6 is 0 Å². The van der Waals surface area contributed by atoms with E-state index in [1.54, 1.807) is 12.4 Å². The molecule has 24 heavy (non-hydrogen) atoms. The number of pyridine rings is 1. The summed E-state index contributed by atoms with van der Waals surface area (Å²) >= 11 is 0. The second-order valence-electron chi connectivity index (χ2n) is 6.00. The third kappa shape index (κ3) is 2.60. The average molecular weight is 322 g/mol. The van der Waals surface area contributed by atoms with E-state index < -0.39 is 5.54 Å². The molecule has 2 heterocycles. The molecule has 1 aromatic carbocycles. The van der Waals surface area contributed by atoms with Crippen LogP contribution < -0.4 is 5.32 Å². The second kappa shape index (κ2) is 6.14. The molecule has 1 aliphatic rings. The molecule has 4 rings (SSSR count). The standard InChI is InChI=1S/C18H18N4O2/c23-12-18(8-7-13-4-1-2-6-15(13)18)20-11-16-21-17(22-24-16)14-5-3-9-19-10-14/h1-6,9-10,20,23H,7-8,11-12H2. The van der Waals surface area contributed by atoms with Crippen molar-refractivity contribution in [3.63, 3.8) is 0 Å². The Morgan fingerprint density at radius 1 is 1.21 bits per heavy atom. The van der Waals surface area contributed by atoms with Crippen molar-refractivity contribution in [1.82, 2.24) is 20.4 Å². The predicted molar refractivity (Wildman–Crippen MR) is 87.9 cm³/mol. The monoisotopic (exact) mass is 322 g/mol. The van der Waals surface area contributed by atoms with E-state index in [2.05, 4.69) is 32.6 Å². The molecule has 2 N–H and O–H groups in total. The van der Waals surface area contributed by atoms with Crippen LogP contribution in [0.15, 0.2) is 53.3 Å². The molecular weight excluding hydrogens is 304 g/mol. The number of aromatic nitrogens is 3. The van der Waals surface area contributed by atoms with Gasteiger partial charge in [0.05, 0.1) is 18.7 Å². The van der Waals surface area contributed by atoms with E-state index in [4.69, 9.17) is 4.52 Å². The van der Waals surface area contributed by atoms with Crippen molar-refractivity contribution in [2.24, 2.45) is 0 Å². The number of nitrogens with one attached hydrogen (secondary N) is 1. The van der Waals surface area contributed by atoms with Gasteiger partial charge in [-0.25, -0.2) is 0 Å². The number of hydrogen-bond acceptors (Lipinski definition) is 6. The van der Waals surface area contributed by atoms with Crippen LogP contribution in [0.4, 0.5) is 0 Å². The molecule has 3 aromatic rings. The highest BCUT2D eigenvalue weighted by atomic mass is 16.5. The summed E-state index contributed by atoms with van der Waals surface area (Å²) in [7, 11) is 0. The molecule has 1 atom stereocenters. The van der Waals surface area contributed by atoms with E-state index in [1.165, 1.54) is 5.56 Å². The van der Waals surface area contributed by atoms with Gasteiger partial charge in [0.25, 0.3) is 0 Å². The zero-order chi connectivity index (χ0) is 16.4. The zero-order valence-corrected chi connectivity index (χ0v) is 13.1. The first-order valence-corrected chi connectivity index (χ1v) is 7.98. The van der Waals surface area contributed by atoms with E-state index >= 15 is 0 Å². The maximum absolute atomic E-state index is 9.99. The topological polar surface area (TPSA) is 84.1 Å². The van der Waals surface area contributed by atoms with Gasteiger partial charge in [-0.05, 0) is 36.1 Å². The Labute approximate surface area is 139 Å². The highest BCUT2D eigenvalue weighted by Crippen LogP contribution is 2.36. The lowest BCUT2D eigenvalue weighted by atomic mass is 9.92. The number of aliphatic hydroxyl groups is 1. The summed E-state index contributed by atoms with van der Waals surface area (Å²) in [5, 5.41) is 17.4. The average Bonchev–Trinajstić information content (AvgIpc) is 3.26. The van der Waals surface area contributed by atoms with E-state index in [0.717, 1.165) is 24.0 Å². The summed E-state index contributed by atoms with van der Waals surface area (Å²) in [4.78, 5) is 8.46. The van der Waals surface area contributed by atoms with Gasteiger partial charge in [0.1, 0.15) is 0 Å². The summed E-state index contributed by atoms with van der Waals surface area (Å²) < 4.78 is 5.32. The molecule has 0 bridgehead atoms. The molecule has 0 amide bonds. The Bertz CT molecular complexity index is 834. The van der Waals surface area contributed by atoms with Crippen LogP contribution in [0, 0.1) is 0 Å². The Morgan fingerprint density at radius 3 is 2.96 bits per heavy atom. The normalized spacial score (nSPS) is 19.4. The maximum Gasteiger partial charge on any atom is 0.240 e. The minimum atomic E-state index is -0.445. The smallest absolute Gasteiger partial charge is 0.240 e. The summed E-state index contributed by atoms with van der Waals surface area (Å²) in [6.07, 6.45) is 5.21. The number of fused-ring (bicyclic) bond motifs is 1. The number of rotatable bonds is 5. The van der Waals surface area contributed by atoms with Crippen LogP contribution in [0.5, 0.6) is 0 Å². The van der Waals surface area contributed by atoms with Gasteiger partial charge in [0.2, 0.25) is 11.7 Å². The van der Waals surface area contributed by atoms with Crippen molar-refractivity contribution in [3.8, 4) is 11.4 Å². The first-order chi connectivity index (χ1) is 11.8. The van der Waals surface area contributed by atoms with Crippen LogP contribution in [0.2, 0.25) is 0 Å². The van der Waals surface area contributed by atoms with E-state index in [1.807, 2.05) is 24.3 Å². The second-order valence-corrected chi connectivity index (χ2v) is 6.00. The quantitative estimate of drug-likeness (QED) is 0.748. The van der Waals surface area contributed by atoms with Gasteiger partial charge in [0, 0.05) is 18.0 Å². The Morgan fingerprint density at radius 2 is 2.12 bits per heavy atom. The minimum absolute atomic E-state index is 0.0353. The lowest BCUT2D eigenvalue weighted by Gasteiger charge is -2.29. The number of aliphatic hydroxyl groups excluding tert-OH is 1. The van der Waals surface area contributed by atoms with Crippen molar-refractivity contribution < 1.29 is 9.63 Å². The lowest BCUT2D eigenvalue weighted by Crippen LogP contribution is -2.43. The molecule has 2 aromatic heterocycles. The molecule has 1 unspecified atom stereocenters. The van der Waals surface area contributed by atoms with Gasteiger partial charge in [-0.1, -0.05) is 29.4 Å². The van der Waals surface area contributed by atoms with Crippen molar-refractivity contribution in [2.75, 3.05) is 6.61 Å². The van der Waals surface area contributed by atoms with Crippen molar-refractivity contribution in [2.45, 2.75) is 24.9 Å². The van der Waals surface area contributed by atoms with E-state index in [9.17, 15) is 5.11 Å². The molecule has 0 fully saturated rings. The Hall–Kier alpha value is -2.57. The SMILES string of the molecule is OCC1(NCc2nc(-c3cccnc3)no2)CCc2ccccc21. The van der Waals surface area contributed by atoms with Crippen LogP contribution in [0.3, 0.4) is 0 Å². The Balaban J connectivity index is 1.52. The summed E-state index contributed by atoms with van der Waals surface area (Å²) in [5.74, 6) is 1.01. The summed E-state index contributed by atoms with van der Waals surface area (Å²) in [6, 6.07) is 11.9. The first-order valence-electron chi connectivity index (χ1n) is 7.98. The lowest BCUT2D eigenvalue weighted by molar-refractivity contribution is 0.154. The van der Waals surface area contributed by atoms with Crippen LogP contribution in [-0.2, 0) is 18.5 Å². The molecule has 0 saturated heterocycles.